The second-order valence-electron chi connectivity index (χ2n) is 3.84. The van der Waals surface area contributed by atoms with Gasteiger partial charge in [0, 0.05) is 4.90 Å². The molecule has 0 bridgehead atoms. The van der Waals surface area contributed by atoms with E-state index < -0.39 is 27.8 Å². The van der Waals surface area contributed by atoms with E-state index >= 15 is 0 Å². The second kappa shape index (κ2) is 6.85. The highest BCUT2D eigenvalue weighted by Crippen LogP contribution is 2.22. The molecule has 0 spiro atoms. The van der Waals surface area contributed by atoms with Crippen LogP contribution in [0.2, 0.25) is 5.02 Å². The third kappa shape index (κ3) is 3.78. The van der Waals surface area contributed by atoms with E-state index in [2.05, 4.69) is 0 Å². The summed E-state index contributed by atoms with van der Waals surface area (Å²) in [4.78, 5) is 11.3. The number of hydrogen-bond acceptors (Lipinski definition) is 2. The number of halogens is 2. The molecule has 2 unspecified atom stereocenters. The van der Waals surface area contributed by atoms with Gasteiger partial charge in [-0.25, -0.2) is 4.39 Å². The summed E-state index contributed by atoms with van der Waals surface area (Å²) in [7, 11) is -1.72. The van der Waals surface area contributed by atoms with Crippen LogP contribution in [0.25, 0.3) is 0 Å². The van der Waals surface area contributed by atoms with Crippen LogP contribution in [0.15, 0.2) is 23.1 Å². The van der Waals surface area contributed by atoms with E-state index in [0.29, 0.717) is 12.8 Å². The van der Waals surface area contributed by atoms with Gasteiger partial charge in [-0.15, -0.1) is 0 Å². The number of carboxylic acids is 1. The fourth-order valence-corrected chi connectivity index (χ4v) is 3.05. The number of hydrogen-bond donors (Lipinski definition) is 1. The minimum absolute atomic E-state index is 0.152. The molecule has 0 fully saturated rings. The molecule has 0 heterocycles. The number of unbranched alkanes of at least 4 members (excludes halogenated alkanes) is 1. The van der Waals surface area contributed by atoms with Gasteiger partial charge in [0.05, 0.1) is 15.8 Å². The molecule has 6 heteroatoms. The van der Waals surface area contributed by atoms with E-state index in [1.54, 1.807) is 0 Å². The van der Waals surface area contributed by atoms with Crippen LogP contribution in [0.4, 0.5) is 4.39 Å². The Morgan fingerprint density at radius 1 is 1.56 bits per heavy atom. The average molecular weight is 293 g/mol. The highest BCUT2D eigenvalue weighted by Gasteiger charge is 2.25. The SMILES string of the molecule is CCCCC(C(=O)O)S(=O)c1ccc(F)c(Cl)c1. The first kappa shape index (κ1) is 15.1. The lowest BCUT2D eigenvalue weighted by Gasteiger charge is -2.12. The Hall–Kier alpha value is -0.940. The van der Waals surface area contributed by atoms with Crippen molar-refractivity contribution >= 4 is 28.4 Å². The Kier molecular flexibility index (Phi) is 5.75. The average Bonchev–Trinajstić information content (AvgIpc) is 2.32. The number of benzene rings is 1. The lowest BCUT2D eigenvalue weighted by Crippen LogP contribution is -2.25. The third-order valence-corrected chi connectivity index (χ3v) is 4.44. The summed E-state index contributed by atoms with van der Waals surface area (Å²) in [5, 5.41) is 7.92. The summed E-state index contributed by atoms with van der Waals surface area (Å²) in [6, 6.07) is 3.61. The quantitative estimate of drug-likeness (QED) is 0.876. The van der Waals surface area contributed by atoms with Gasteiger partial charge in [0.15, 0.2) is 0 Å². The first-order valence-electron chi connectivity index (χ1n) is 5.55. The van der Waals surface area contributed by atoms with Gasteiger partial charge in [0.1, 0.15) is 11.1 Å². The molecule has 0 aliphatic carbocycles. The zero-order valence-electron chi connectivity index (χ0n) is 9.86. The maximum atomic E-state index is 13.0. The zero-order valence-corrected chi connectivity index (χ0v) is 11.4. The van der Waals surface area contributed by atoms with Gasteiger partial charge in [0.2, 0.25) is 0 Å². The second-order valence-corrected chi connectivity index (χ2v) is 5.88. The number of aliphatic carboxylic acids is 1. The molecule has 0 aliphatic rings. The van der Waals surface area contributed by atoms with Crippen LogP contribution >= 0.6 is 11.6 Å². The molecule has 0 amide bonds. The number of carboxylic acid groups (broad SMARTS) is 1. The normalized spacial score (nSPS) is 14.2. The van der Waals surface area contributed by atoms with Gasteiger partial charge < -0.3 is 5.11 Å². The molecule has 18 heavy (non-hydrogen) atoms. The van der Waals surface area contributed by atoms with Gasteiger partial charge >= 0.3 is 5.97 Å². The number of carbonyl (C=O) groups is 1. The molecule has 0 saturated heterocycles. The Morgan fingerprint density at radius 3 is 2.72 bits per heavy atom. The van der Waals surface area contributed by atoms with Crippen LogP contribution in [0.1, 0.15) is 26.2 Å². The van der Waals surface area contributed by atoms with E-state index in [9.17, 15) is 13.4 Å². The van der Waals surface area contributed by atoms with Crippen LogP contribution < -0.4 is 0 Å². The van der Waals surface area contributed by atoms with Crippen molar-refractivity contribution in [1.29, 1.82) is 0 Å². The van der Waals surface area contributed by atoms with E-state index in [1.165, 1.54) is 12.1 Å². The Labute approximate surface area is 112 Å². The van der Waals surface area contributed by atoms with Gasteiger partial charge in [0.25, 0.3) is 0 Å². The Morgan fingerprint density at radius 2 is 2.22 bits per heavy atom. The molecule has 0 saturated carbocycles. The van der Waals surface area contributed by atoms with E-state index in [0.717, 1.165) is 12.5 Å². The van der Waals surface area contributed by atoms with Gasteiger partial charge in [-0.1, -0.05) is 31.4 Å². The van der Waals surface area contributed by atoms with Crippen molar-refractivity contribution in [2.24, 2.45) is 0 Å². The van der Waals surface area contributed by atoms with E-state index in [1.807, 2.05) is 6.92 Å². The summed E-state index contributed by atoms with van der Waals surface area (Å²) in [6.07, 6.45) is 1.83. The molecule has 1 rings (SSSR count). The molecular formula is C12H14ClFO3S. The monoisotopic (exact) mass is 292 g/mol. The molecule has 1 aromatic carbocycles. The predicted molar refractivity (Wildman–Crippen MR) is 68.8 cm³/mol. The molecule has 0 aromatic heterocycles. The van der Waals surface area contributed by atoms with Crippen LogP contribution in [0, 0.1) is 5.82 Å². The molecule has 1 aromatic rings. The Bertz CT molecular complexity index is 465. The van der Waals surface area contributed by atoms with Crippen LogP contribution in [0.3, 0.4) is 0 Å². The minimum Gasteiger partial charge on any atom is -0.480 e. The van der Waals surface area contributed by atoms with Crippen molar-refractivity contribution in [3.8, 4) is 0 Å². The first-order chi connectivity index (χ1) is 8.47. The summed E-state index contributed by atoms with van der Waals surface area (Å²) in [6.45, 7) is 1.93. The predicted octanol–water partition coefficient (Wildman–Crippen LogP) is 3.23. The van der Waals surface area contributed by atoms with Crippen LogP contribution in [-0.2, 0) is 15.6 Å². The Balaban J connectivity index is 2.94. The van der Waals surface area contributed by atoms with Crippen LogP contribution in [-0.4, -0.2) is 20.5 Å². The molecule has 0 radical (unpaired) electrons. The van der Waals surface area contributed by atoms with Crippen molar-refractivity contribution in [1.82, 2.24) is 0 Å². The summed E-state index contributed by atoms with van der Waals surface area (Å²) in [5.74, 6) is -1.72. The summed E-state index contributed by atoms with van der Waals surface area (Å²) >= 11 is 5.59. The van der Waals surface area contributed by atoms with Crippen molar-refractivity contribution in [3.63, 3.8) is 0 Å². The molecule has 1 N–H and O–H groups in total. The maximum absolute atomic E-state index is 13.0. The van der Waals surface area contributed by atoms with E-state index in [-0.39, 0.29) is 9.92 Å². The highest BCUT2D eigenvalue weighted by atomic mass is 35.5. The summed E-state index contributed by atoms with van der Waals surface area (Å²) < 4.78 is 25.1. The lowest BCUT2D eigenvalue weighted by molar-refractivity contribution is -0.136. The van der Waals surface area contributed by atoms with Crippen molar-refractivity contribution < 1.29 is 18.5 Å². The number of rotatable bonds is 6. The zero-order chi connectivity index (χ0) is 13.7. The fourth-order valence-electron chi connectivity index (χ4n) is 1.48. The fraction of sp³-hybridized carbons (Fsp3) is 0.417. The van der Waals surface area contributed by atoms with Gasteiger partial charge in [-0.3, -0.25) is 9.00 Å². The summed E-state index contributed by atoms with van der Waals surface area (Å²) in [5.41, 5.74) is 0. The standard InChI is InChI=1S/C12H14ClFO3S/c1-2-3-4-11(12(15)16)18(17)8-5-6-10(14)9(13)7-8/h5-7,11H,2-4H2,1H3,(H,15,16). The first-order valence-corrected chi connectivity index (χ1v) is 7.15. The smallest absolute Gasteiger partial charge is 0.319 e. The maximum Gasteiger partial charge on any atom is 0.319 e. The highest BCUT2D eigenvalue weighted by molar-refractivity contribution is 7.86. The topological polar surface area (TPSA) is 54.4 Å². The van der Waals surface area contributed by atoms with Crippen molar-refractivity contribution in [2.45, 2.75) is 36.3 Å². The largest absolute Gasteiger partial charge is 0.480 e. The molecular weight excluding hydrogens is 279 g/mol. The van der Waals surface area contributed by atoms with Crippen LogP contribution in [0.5, 0.6) is 0 Å². The van der Waals surface area contributed by atoms with Crippen molar-refractivity contribution in [3.05, 3.63) is 29.0 Å². The molecule has 2 atom stereocenters. The molecule has 100 valence electrons. The van der Waals surface area contributed by atoms with Gasteiger partial charge in [-0.05, 0) is 24.6 Å². The van der Waals surface area contributed by atoms with E-state index in [4.69, 9.17) is 16.7 Å². The molecule has 3 nitrogen and oxygen atoms in total. The van der Waals surface area contributed by atoms with Gasteiger partial charge in [-0.2, -0.15) is 0 Å². The third-order valence-electron chi connectivity index (χ3n) is 2.48. The molecule has 0 aliphatic heterocycles. The minimum atomic E-state index is -1.72. The lowest BCUT2D eigenvalue weighted by atomic mass is 10.2. The van der Waals surface area contributed by atoms with Crippen molar-refractivity contribution in [2.75, 3.05) is 0 Å².